The second kappa shape index (κ2) is 9.30. The first-order valence-electron chi connectivity index (χ1n) is 7.12. The van der Waals surface area contributed by atoms with E-state index >= 15 is 0 Å². The highest BCUT2D eigenvalue weighted by molar-refractivity contribution is 14.0. The maximum absolute atomic E-state index is 12.2. The highest BCUT2D eigenvalue weighted by Crippen LogP contribution is 2.18. The van der Waals surface area contributed by atoms with Crippen molar-refractivity contribution in [1.82, 2.24) is 20.3 Å². The Balaban J connectivity index is 0.00000264. The lowest BCUT2D eigenvalue weighted by molar-refractivity contribution is -0.132. The minimum Gasteiger partial charge on any atom is -0.364 e. The molecule has 1 aromatic heterocycles. The van der Waals surface area contributed by atoms with Crippen molar-refractivity contribution >= 4 is 29.9 Å². The maximum atomic E-state index is 12.2. The van der Waals surface area contributed by atoms with Gasteiger partial charge in [-0.2, -0.15) is 13.2 Å². The quantitative estimate of drug-likeness (QED) is 0.435. The van der Waals surface area contributed by atoms with E-state index in [2.05, 4.69) is 20.4 Å². The lowest BCUT2D eigenvalue weighted by atomic mass is 10.3. The molecule has 1 aliphatic rings. The van der Waals surface area contributed by atoms with E-state index in [0.717, 1.165) is 18.8 Å². The first kappa shape index (κ1) is 20.0. The number of aliphatic imine (C=N–C) groups is 1. The van der Waals surface area contributed by atoms with Crippen LogP contribution >= 0.6 is 24.0 Å². The summed E-state index contributed by atoms with van der Waals surface area (Å²) in [5.74, 6) is 0.519. The Kier molecular flexibility index (Phi) is 8.09. The van der Waals surface area contributed by atoms with Gasteiger partial charge < -0.3 is 14.7 Å². The minimum absolute atomic E-state index is 0. The lowest BCUT2D eigenvalue weighted by Crippen LogP contribution is -2.52. The minimum atomic E-state index is -4.15. The molecule has 0 saturated carbocycles. The number of alkyl halides is 3. The molecule has 1 fully saturated rings. The van der Waals surface area contributed by atoms with Gasteiger partial charge in [0.15, 0.2) is 5.96 Å². The van der Waals surface area contributed by atoms with Crippen LogP contribution < -0.4 is 5.32 Å². The van der Waals surface area contributed by atoms with Gasteiger partial charge in [0.1, 0.15) is 6.26 Å². The van der Waals surface area contributed by atoms with Crippen molar-refractivity contribution < 1.29 is 17.7 Å². The average Bonchev–Trinajstić information content (AvgIpc) is 2.97. The van der Waals surface area contributed by atoms with Gasteiger partial charge in [-0.3, -0.25) is 9.89 Å². The Bertz CT molecular complexity index is 472. The van der Waals surface area contributed by atoms with E-state index in [1.54, 1.807) is 7.05 Å². The molecule has 132 valence electrons. The molecule has 0 radical (unpaired) electrons. The summed E-state index contributed by atoms with van der Waals surface area (Å²) in [5.41, 5.74) is 0.876. The van der Waals surface area contributed by atoms with E-state index < -0.39 is 12.6 Å². The van der Waals surface area contributed by atoms with Crippen LogP contribution in [0.15, 0.2) is 21.8 Å². The van der Waals surface area contributed by atoms with Gasteiger partial charge in [0.25, 0.3) is 0 Å². The first-order chi connectivity index (χ1) is 10.5. The normalized spacial score (nSPS) is 17.0. The Morgan fingerprint density at radius 3 is 2.57 bits per heavy atom. The van der Waals surface area contributed by atoms with E-state index in [9.17, 15) is 13.2 Å². The highest BCUT2D eigenvalue weighted by atomic mass is 127. The van der Waals surface area contributed by atoms with Gasteiger partial charge >= 0.3 is 6.18 Å². The van der Waals surface area contributed by atoms with Crippen LogP contribution in [0.1, 0.15) is 12.1 Å². The zero-order valence-electron chi connectivity index (χ0n) is 12.8. The summed E-state index contributed by atoms with van der Waals surface area (Å²) in [6.07, 6.45) is -3.47. The number of aromatic nitrogens is 1. The van der Waals surface area contributed by atoms with Gasteiger partial charge in [-0.1, -0.05) is 5.16 Å². The van der Waals surface area contributed by atoms with Crippen molar-refractivity contribution in [3.63, 3.8) is 0 Å². The van der Waals surface area contributed by atoms with Gasteiger partial charge in [0.2, 0.25) is 0 Å². The van der Waals surface area contributed by atoms with Crippen molar-refractivity contribution in [1.29, 1.82) is 0 Å². The number of hydrogen-bond acceptors (Lipinski definition) is 4. The van der Waals surface area contributed by atoms with Crippen molar-refractivity contribution in [3.8, 4) is 0 Å². The SMILES string of the molecule is CN=C(NCCC(F)(F)F)N1CCN(Cc2ccon2)CC1.I. The third-order valence-electron chi connectivity index (χ3n) is 3.45. The number of guanidine groups is 1. The van der Waals surface area contributed by atoms with E-state index in [-0.39, 0.29) is 30.5 Å². The summed E-state index contributed by atoms with van der Waals surface area (Å²) in [4.78, 5) is 8.24. The molecule has 2 heterocycles. The molecule has 0 bridgehead atoms. The van der Waals surface area contributed by atoms with Gasteiger partial charge in [0, 0.05) is 52.4 Å². The lowest BCUT2D eigenvalue weighted by Gasteiger charge is -2.36. The molecule has 0 aromatic carbocycles. The predicted octanol–water partition coefficient (Wildman–Crippen LogP) is 1.94. The molecule has 2 rings (SSSR count). The molecule has 6 nitrogen and oxygen atoms in total. The molecule has 0 aliphatic carbocycles. The second-order valence-corrected chi connectivity index (χ2v) is 5.09. The van der Waals surface area contributed by atoms with Crippen molar-refractivity contribution in [2.24, 2.45) is 4.99 Å². The Hall–Kier alpha value is -1.04. The molecule has 0 atom stereocenters. The molecule has 23 heavy (non-hydrogen) atoms. The third kappa shape index (κ3) is 6.94. The topological polar surface area (TPSA) is 56.9 Å². The smallest absolute Gasteiger partial charge is 0.364 e. The van der Waals surface area contributed by atoms with Crippen molar-refractivity contribution in [2.75, 3.05) is 39.8 Å². The second-order valence-electron chi connectivity index (χ2n) is 5.09. The fourth-order valence-electron chi connectivity index (χ4n) is 2.31. The maximum Gasteiger partial charge on any atom is 0.390 e. The van der Waals surface area contributed by atoms with Gasteiger partial charge in [-0.25, -0.2) is 0 Å². The predicted molar refractivity (Wildman–Crippen MR) is 90.8 cm³/mol. The monoisotopic (exact) mass is 447 g/mol. The van der Waals surface area contributed by atoms with E-state index in [0.29, 0.717) is 25.6 Å². The van der Waals surface area contributed by atoms with E-state index in [4.69, 9.17) is 4.52 Å². The highest BCUT2D eigenvalue weighted by Gasteiger charge is 2.27. The number of hydrogen-bond donors (Lipinski definition) is 1. The van der Waals surface area contributed by atoms with Crippen LogP contribution in [0.3, 0.4) is 0 Å². The average molecular weight is 447 g/mol. The van der Waals surface area contributed by atoms with Crippen LogP contribution in [0, 0.1) is 0 Å². The molecular formula is C13H21F3IN5O. The van der Waals surface area contributed by atoms with Crippen LogP contribution in [0.25, 0.3) is 0 Å². The Morgan fingerprint density at radius 2 is 2.04 bits per heavy atom. The van der Waals surface area contributed by atoms with Crippen molar-refractivity contribution in [3.05, 3.63) is 18.0 Å². The number of nitrogens with one attached hydrogen (secondary N) is 1. The number of rotatable bonds is 4. The first-order valence-corrected chi connectivity index (χ1v) is 7.12. The molecule has 0 spiro atoms. The zero-order chi connectivity index (χ0) is 16.0. The summed E-state index contributed by atoms with van der Waals surface area (Å²) in [6, 6.07) is 1.82. The molecule has 0 amide bonds. The van der Waals surface area contributed by atoms with Crippen LogP contribution in [-0.4, -0.2) is 66.9 Å². The molecule has 10 heteroatoms. The van der Waals surface area contributed by atoms with Gasteiger partial charge in [-0.05, 0) is 0 Å². The largest absolute Gasteiger partial charge is 0.390 e. The fourth-order valence-corrected chi connectivity index (χ4v) is 2.31. The fraction of sp³-hybridized carbons (Fsp3) is 0.692. The summed E-state index contributed by atoms with van der Waals surface area (Å²) in [6.45, 7) is 3.58. The Morgan fingerprint density at radius 1 is 1.35 bits per heavy atom. The van der Waals surface area contributed by atoms with Gasteiger partial charge in [0.05, 0.1) is 12.1 Å². The summed E-state index contributed by atoms with van der Waals surface area (Å²) < 4.78 is 41.3. The summed E-state index contributed by atoms with van der Waals surface area (Å²) in [7, 11) is 1.58. The number of piperazine rings is 1. The van der Waals surface area contributed by atoms with E-state index in [1.807, 2.05) is 11.0 Å². The molecule has 1 N–H and O–H groups in total. The zero-order valence-corrected chi connectivity index (χ0v) is 15.2. The van der Waals surface area contributed by atoms with E-state index in [1.165, 1.54) is 6.26 Å². The standard InChI is InChI=1S/C13H20F3N5O.HI/c1-17-12(18-4-3-13(14,15)16)21-7-5-20(6-8-21)10-11-2-9-22-19-11;/h2,9H,3-8,10H2,1H3,(H,17,18);1H. The Labute approximate surface area is 150 Å². The molecule has 1 aromatic rings. The summed E-state index contributed by atoms with van der Waals surface area (Å²) >= 11 is 0. The number of nitrogens with zero attached hydrogens (tertiary/aromatic N) is 4. The van der Waals surface area contributed by atoms with Crippen LogP contribution in [0.4, 0.5) is 13.2 Å². The summed E-state index contributed by atoms with van der Waals surface area (Å²) in [5, 5.41) is 6.64. The third-order valence-corrected chi connectivity index (χ3v) is 3.45. The van der Waals surface area contributed by atoms with Crippen LogP contribution in [-0.2, 0) is 6.54 Å². The molecular weight excluding hydrogens is 426 g/mol. The number of halogens is 4. The molecule has 1 saturated heterocycles. The van der Waals surface area contributed by atoms with Gasteiger partial charge in [-0.15, -0.1) is 24.0 Å². The van der Waals surface area contributed by atoms with Crippen molar-refractivity contribution in [2.45, 2.75) is 19.1 Å². The van der Waals surface area contributed by atoms with Crippen LogP contribution in [0.5, 0.6) is 0 Å². The molecule has 1 aliphatic heterocycles. The van der Waals surface area contributed by atoms with Crippen LogP contribution in [0.2, 0.25) is 0 Å². The molecule has 0 unspecified atom stereocenters.